The molecule has 0 fully saturated rings. The van der Waals surface area contributed by atoms with E-state index in [0.29, 0.717) is 29.8 Å². The molecule has 0 radical (unpaired) electrons. The van der Waals surface area contributed by atoms with Crippen molar-refractivity contribution in [3.05, 3.63) is 64.7 Å². The average Bonchev–Trinajstić information content (AvgIpc) is 2.76. The molecule has 31 heavy (non-hydrogen) atoms. The Labute approximate surface area is 194 Å². The van der Waals surface area contributed by atoms with Crippen LogP contribution >= 0.6 is 23.4 Å². The quantitative estimate of drug-likeness (QED) is 0.522. The van der Waals surface area contributed by atoms with Gasteiger partial charge in [0.1, 0.15) is 11.8 Å². The van der Waals surface area contributed by atoms with Gasteiger partial charge in [-0.1, -0.05) is 55.8 Å². The van der Waals surface area contributed by atoms with Crippen LogP contribution in [-0.2, 0) is 21.9 Å². The van der Waals surface area contributed by atoms with E-state index in [1.807, 2.05) is 62.4 Å². The van der Waals surface area contributed by atoms with Gasteiger partial charge in [0.2, 0.25) is 11.8 Å². The molecule has 0 aliphatic carbocycles. The minimum atomic E-state index is -0.575. The van der Waals surface area contributed by atoms with Crippen molar-refractivity contribution in [1.82, 2.24) is 10.2 Å². The second-order valence-electron chi connectivity index (χ2n) is 7.77. The standard InChI is InChI=1S/C24H31ClN2O3S/c1-17(2)13-26-24(29)18(3)27(14-19-9-11-21(30-4)12-10-19)23(28)16-31-15-20-7-5-6-8-22(20)25/h5-12,17-18H,13-16H2,1-4H3,(H,26,29). The summed E-state index contributed by atoms with van der Waals surface area (Å²) < 4.78 is 5.21. The molecule has 0 aliphatic rings. The van der Waals surface area contributed by atoms with Crippen molar-refractivity contribution in [2.24, 2.45) is 5.92 Å². The van der Waals surface area contributed by atoms with E-state index in [4.69, 9.17) is 16.3 Å². The number of nitrogens with zero attached hydrogens (tertiary/aromatic N) is 1. The molecular weight excluding hydrogens is 432 g/mol. The van der Waals surface area contributed by atoms with Gasteiger partial charge in [0.15, 0.2) is 0 Å². The van der Waals surface area contributed by atoms with E-state index < -0.39 is 6.04 Å². The van der Waals surface area contributed by atoms with Crippen LogP contribution < -0.4 is 10.1 Å². The highest BCUT2D eigenvalue weighted by molar-refractivity contribution is 7.99. The predicted molar refractivity (Wildman–Crippen MR) is 128 cm³/mol. The number of methoxy groups -OCH3 is 1. The molecule has 168 valence electrons. The number of carbonyl (C=O) groups is 2. The number of hydrogen-bond acceptors (Lipinski definition) is 4. The molecule has 7 heteroatoms. The number of hydrogen-bond donors (Lipinski definition) is 1. The van der Waals surface area contributed by atoms with E-state index in [9.17, 15) is 9.59 Å². The van der Waals surface area contributed by atoms with E-state index >= 15 is 0 Å². The molecule has 0 bridgehead atoms. The number of nitrogens with one attached hydrogen (secondary N) is 1. The third-order valence-corrected chi connectivity index (χ3v) is 6.14. The van der Waals surface area contributed by atoms with Crippen LogP contribution in [0.25, 0.3) is 0 Å². The van der Waals surface area contributed by atoms with E-state index in [1.165, 1.54) is 11.8 Å². The maximum Gasteiger partial charge on any atom is 0.242 e. The topological polar surface area (TPSA) is 58.6 Å². The van der Waals surface area contributed by atoms with Gasteiger partial charge < -0.3 is 15.0 Å². The molecule has 1 unspecified atom stereocenters. The normalized spacial score (nSPS) is 11.8. The summed E-state index contributed by atoms with van der Waals surface area (Å²) in [5.74, 6) is 1.76. The first-order valence-electron chi connectivity index (χ1n) is 10.3. The molecule has 0 saturated carbocycles. The second-order valence-corrected chi connectivity index (χ2v) is 9.16. The molecule has 0 aliphatic heterocycles. The zero-order valence-corrected chi connectivity index (χ0v) is 20.1. The Morgan fingerprint density at radius 3 is 2.39 bits per heavy atom. The third-order valence-electron chi connectivity index (χ3n) is 4.80. The van der Waals surface area contributed by atoms with Gasteiger partial charge in [-0.25, -0.2) is 0 Å². The van der Waals surface area contributed by atoms with Crippen LogP contribution in [0.3, 0.4) is 0 Å². The highest BCUT2D eigenvalue weighted by Gasteiger charge is 2.26. The van der Waals surface area contributed by atoms with Crippen LogP contribution in [0.5, 0.6) is 5.75 Å². The highest BCUT2D eigenvalue weighted by Crippen LogP contribution is 2.22. The number of thioether (sulfide) groups is 1. The first-order valence-corrected chi connectivity index (χ1v) is 11.9. The SMILES string of the molecule is COc1ccc(CN(C(=O)CSCc2ccccc2Cl)C(C)C(=O)NCC(C)C)cc1. The number of ether oxygens (including phenoxy) is 1. The van der Waals surface area contributed by atoms with Crippen molar-refractivity contribution >= 4 is 35.2 Å². The maximum absolute atomic E-state index is 13.1. The molecule has 2 aromatic rings. The lowest BCUT2D eigenvalue weighted by Gasteiger charge is -2.29. The fraction of sp³-hybridized carbons (Fsp3) is 0.417. The van der Waals surface area contributed by atoms with Crippen molar-refractivity contribution < 1.29 is 14.3 Å². The predicted octanol–water partition coefficient (Wildman–Crippen LogP) is 4.77. The Hall–Kier alpha value is -2.18. The Bertz CT molecular complexity index is 858. The van der Waals surface area contributed by atoms with E-state index in [1.54, 1.807) is 18.9 Å². The number of benzene rings is 2. The van der Waals surface area contributed by atoms with E-state index in [-0.39, 0.29) is 17.6 Å². The average molecular weight is 463 g/mol. The van der Waals surface area contributed by atoms with Gasteiger partial charge in [-0.3, -0.25) is 9.59 Å². The zero-order chi connectivity index (χ0) is 22.8. The molecule has 1 atom stereocenters. The molecule has 2 rings (SSSR count). The molecule has 5 nitrogen and oxygen atoms in total. The largest absolute Gasteiger partial charge is 0.497 e. The Morgan fingerprint density at radius 1 is 1.10 bits per heavy atom. The minimum absolute atomic E-state index is 0.0833. The van der Waals surface area contributed by atoms with Gasteiger partial charge in [-0.15, -0.1) is 11.8 Å². The summed E-state index contributed by atoms with van der Waals surface area (Å²) in [6.07, 6.45) is 0. The lowest BCUT2D eigenvalue weighted by molar-refractivity contribution is -0.138. The van der Waals surface area contributed by atoms with Crippen LogP contribution in [0.1, 0.15) is 31.9 Å². The number of halogens is 1. The maximum atomic E-state index is 13.1. The number of amides is 2. The summed E-state index contributed by atoms with van der Waals surface area (Å²) in [6.45, 7) is 6.78. The summed E-state index contributed by atoms with van der Waals surface area (Å²) in [5.41, 5.74) is 1.93. The Morgan fingerprint density at radius 2 is 1.77 bits per heavy atom. The van der Waals surface area contributed by atoms with Gasteiger partial charge in [0.05, 0.1) is 12.9 Å². The number of rotatable bonds is 11. The zero-order valence-electron chi connectivity index (χ0n) is 18.6. The molecule has 0 aromatic heterocycles. The third kappa shape index (κ3) is 8.11. The van der Waals surface area contributed by atoms with Crippen LogP contribution in [0.15, 0.2) is 48.5 Å². The van der Waals surface area contributed by atoms with Crippen LogP contribution in [-0.4, -0.2) is 42.2 Å². The monoisotopic (exact) mass is 462 g/mol. The highest BCUT2D eigenvalue weighted by atomic mass is 35.5. The lowest BCUT2D eigenvalue weighted by atomic mass is 10.1. The molecule has 1 N–H and O–H groups in total. The first-order chi connectivity index (χ1) is 14.8. The molecule has 0 heterocycles. The molecule has 0 spiro atoms. The van der Waals surface area contributed by atoms with Crippen LogP contribution in [0.4, 0.5) is 0 Å². The first kappa shape index (κ1) is 25.1. The summed E-state index contributed by atoms with van der Waals surface area (Å²) in [5, 5.41) is 3.63. The van der Waals surface area contributed by atoms with Crippen molar-refractivity contribution in [2.75, 3.05) is 19.4 Å². The fourth-order valence-electron chi connectivity index (χ4n) is 2.91. The van der Waals surface area contributed by atoms with Gasteiger partial charge in [0, 0.05) is 23.9 Å². The summed E-state index contributed by atoms with van der Waals surface area (Å²) in [7, 11) is 1.61. The lowest BCUT2D eigenvalue weighted by Crippen LogP contribution is -2.48. The summed E-state index contributed by atoms with van der Waals surface area (Å²) in [6, 6.07) is 14.6. The smallest absolute Gasteiger partial charge is 0.242 e. The molecule has 2 aromatic carbocycles. The van der Waals surface area contributed by atoms with Crippen LogP contribution in [0.2, 0.25) is 5.02 Å². The van der Waals surface area contributed by atoms with Gasteiger partial charge in [-0.2, -0.15) is 0 Å². The van der Waals surface area contributed by atoms with Gasteiger partial charge in [-0.05, 0) is 42.2 Å². The summed E-state index contributed by atoms with van der Waals surface area (Å²) >= 11 is 7.71. The van der Waals surface area contributed by atoms with Crippen molar-refractivity contribution in [3.8, 4) is 5.75 Å². The molecule has 2 amide bonds. The van der Waals surface area contributed by atoms with Crippen molar-refractivity contribution in [1.29, 1.82) is 0 Å². The molecule has 0 saturated heterocycles. The second kappa shape index (κ2) is 12.6. The Balaban J connectivity index is 2.07. The fourth-order valence-corrected chi connectivity index (χ4v) is 4.11. The van der Waals surface area contributed by atoms with Crippen molar-refractivity contribution in [3.63, 3.8) is 0 Å². The number of carbonyl (C=O) groups excluding carboxylic acids is 2. The van der Waals surface area contributed by atoms with Gasteiger partial charge in [0.25, 0.3) is 0 Å². The van der Waals surface area contributed by atoms with E-state index in [0.717, 1.165) is 16.9 Å². The summed E-state index contributed by atoms with van der Waals surface area (Å²) in [4.78, 5) is 27.4. The van der Waals surface area contributed by atoms with Crippen molar-refractivity contribution in [2.45, 2.75) is 39.1 Å². The van der Waals surface area contributed by atoms with E-state index in [2.05, 4.69) is 5.32 Å². The minimum Gasteiger partial charge on any atom is -0.497 e. The Kier molecular flexibility index (Phi) is 10.2. The molecular formula is C24H31ClN2O3S. The van der Waals surface area contributed by atoms with Gasteiger partial charge >= 0.3 is 0 Å². The van der Waals surface area contributed by atoms with Crippen LogP contribution in [0, 0.1) is 5.92 Å².